The highest BCUT2D eigenvalue weighted by atomic mass is 32.2. The van der Waals surface area contributed by atoms with E-state index in [4.69, 9.17) is 0 Å². The maximum atomic E-state index is 10.6. The lowest BCUT2D eigenvalue weighted by atomic mass is 10.1. The van der Waals surface area contributed by atoms with E-state index in [9.17, 15) is 10.1 Å². The van der Waals surface area contributed by atoms with Crippen LogP contribution >= 0.6 is 11.8 Å². The van der Waals surface area contributed by atoms with Crippen LogP contribution in [0.25, 0.3) is 0 Å². The van der Waals surface area contributed by atoms with Crippen molar-refractivity contribution in [2.75, 3.05) is 0 Å². The number of benzene rings is 2. The minimum absolute atomic E-state index is 0.124. The van der Waals surface area contributed by atoms with E-state index in [1.807, 2.05) is 0 Å². The zero-order valence-corrected chi connectivity index (χ0v) is 11.0. The molecule has 0 aliphatic rings. The van der Waals surface area contributed by atoms with Crippen LogP contribution in [0.2, 0.25) is 0 Å². The molecular formula is C14H13NO2S. The van der Waals surface area contributed by atoms with E-state index in [-0.39, 0.29) is 10.6 Å². The number of nitro benzene ring substituents is 1. The molecule has 0 spiro atoms. The molecule has 0 atom stereocenters. The molecule has 0 fully saturated rings. The molecule has 4 heteroatoms. The summed E-state index contributed by atoms with van der Waals surface area (Å²) in [7, 11) is 0. The van der Waals surface area contributed by atoms with Gasteiger partial charge in [-0.05, 0) is 49.2 Å². The molecule has 0 unspecified atom stereocenters. The first kappa shape index (κ1) is 12.6. The van der Waals surface area contributed by atoms with Crippen LogP contribution in [-0.2, 0) is 0 Å². The third-order valence-electron chi connectivity index (χ3n) is 2.76. The van der Waals surface area contributed by atoms with Crippen molar-refractivity contribution in [1.29, 1.82) is 0 Å². The number of nitrogens with zero attached hydrogens (tertiary/aromatic N) is 1. The molecule has 0 amide bonds. The third-order valence-corrected chi connectivity index (χ3v) is 3.76. The van der Waals surface area contributed by atoms with Crippen LogP contribution in [0, 0.1) is 24.0 Å². The number of rotatable bonds is 3. The molecule has 0 saturated heterocycles. The smallest absolute Gasteiger partial charge is 0.258 e. The molecule has 3 nitrogen and oxygen atoms in total. The van der Waals surface area contributed by atoms with Crippen LogP contribution in [0.15, 0.2) is 52.3 Å². The van der Waals surface area contributed by atoms with Crippen LogP contribution in [0.5, 0.6) is 0 Å². The van der Waals surface area contributed by atoms with Crippen LogP contribution in [0.1, 0.15) is 11.1 Å². The lowest BCUT2D eigenvalue weighted by Gasteiger charge is -2.04. The lowest BCUT2D eigenvalue weighted by molar-refractivity contribution is -0.384. The molecule has 0 heterocycles. The Kier molecular flexibility index (Phi) is 3.67. The van der Waals surface area contributed by atoms with Crippen LogP contribution < -0.4 is 0 Å². The highest BCUT2D eigenvalue weighted by Gasteiger charge is 2.05. The Bertz CT molecular complexity index is 579. The summed E-state index contributed by atoms with van der Waals surface area (Å²) in [6.45, 7) is 4.16. The zero-order chi connectivity index (χ0) is 13.1. The average Bonchev–Trinajstić information content (AvgIpc) is 2.34. The van der Waals surface area contributed by atoms with Crippen molar-refractivity contribution < 1.29 is 4.92 Å². The normalized spacial score (nSPS) is 10.3. The van der Waals surface area contributed by atoms with Gasteiger partial charge in [-0.15, -0.1) is 0 Å². The van der Waals surface area contributed by atoms with Gasteiger partial charge in [0.1, 0.15) is 0 Å². The first-order valence-corrected chi connectivity index (χ1v) is 6.37. The molecule has 0 aliphatic heterocycles. The Morgan fingerprint density at radius 2 is 1.56 bits per heavy atom. The first-order chi connectivity index (χ1) is 8.56. The minimum atomic E-state index is -0.384. The highest BCUT2D eigenvalue weighted by Crippen LogP contribution is 2.30. The molecular weight excluding hydrogens is 246 g/mol. The summed E-state index contributed by atoms with van der Waals surface area (Å²) < 4.78 is 0. The van der Waals surface area contributed by atoms with E-state index in [1.54, 1.807) is 23.9 Å². The van der Waals surface area contributed by atoms with Crippen LogP contribution in [0.4, 0.5) is 5.69 Å². The largest absolute Gasteiger partial charge is 0.269 e. The molecule has 0 radical (unpaired) electrons. The second kappa shape index (κ2) is 5.23. The predicted molar refractivity (Wildman–Crippen MR) is 73.1 cm³/mol. The Hall–Kier alpha value is -1.81. The van der Waals surface area contributed by atoms with Crippen molar-refractivity contribution in [3.63, 3.8) is 0 Å². The van der Waals surface area contributed by atoms with Gasteiger partial charge in [0.25, 0.3) is 5.69 Å². The SMILES string of the molecule is Cc1ccc(Sc2ccc([N+](=O)[O-])cc2)cc1C. The number of aryl methyl sites for hydroxylation is 2. The molecule has 0 aliphatic carbocycles. The summed E-state index contributed by atoms with van der Waals surface area (Å²) in [5.74, 6) is 0. The molecule has 0 aromatic heterocycles. The molecule has 2 aromatic rings. The standard InChI is InChI=1S/C14H13NO2S/c1-10-3-6-14(9-11(10)2)18-13-7-4-12(5-8-13)15(16)17/h3-9H,1-2H3. The van der Waals surface area contributed by atoms with Gasteiger partial charge in [-0.2, -0.15) is 0 Å². The van der Waals surface area contributed by atoms with Gasteiger partial charge in [0, 0.05) is 21.9 Å². The Balaban J connectivity index is 2.18. The molecule has 18 heavy (non-hydrogen) atoms. The Morgan fingerprint density at radius 1 is 0.944 bits per heavy atom. The molecule has 2 aromatic carbocycles. The van der Waals surface area contributed by atoms with Gasteiger partial charge in [0.05, 0.1) is 4.92 Å². The van der Waals surface area contributed by atoms with E-state index in [0.29, 0.717) is 0 Å². The summed E-state index contributed by atoms with van der Waals surface area (Å²) in [6.07, 6.45) is 0. The van der Waals surface area contributed by atoms with Gasteiger partial charge in [-0.25, -0.2) is 0 Å². The van der Waals surface area contributed by atoms with Crippen molar-refractivity contribution in [1.82, 2.24) is 0 Å². The fourth-order valence-electron chi connectivity index (χ4n) is 1.55. The second-order valence-corrected chi connectivity index (χ2v) is 5.25. The van der Waals surface area contributed by atoms with Crippen molar-refractivity contribution in [2.45, 2.75) is 23.6 Å². The van der Waals surface area contributed by atoms with E-state index in [2.05, 4.69) is 32.0 Å². The lowest BCUT2D eigenvalue weighted by Crippen LogP contribution is -1.86. The van der Waals surface area contributed by atoms with Crippen molar-refractivity contribution in [3.8, 4) is 0 Å². The molecule has 2 rings (SSSR count). The van der Waals surface area contributed by atoms with Gasteiger partial charge in [0.15, 0.2) is 0 Å². The highest BCUT2D eigenvalue weighted by molar-refractivity contribution is 7.99. The summed E-state index contributed by atoms with van der Waals surface area (Å²) in [5, 5.41) is 10.6. The fraction of sp³-hybridized carbons (Fsp3) is 0.143. The maximum Gasteiger partial charge on any atom is 0.269 e. The van der Waals surface area contributed by atoms with E-state index < -0.39 is 0 Å². The van der Waals surface area contributed by atoms with Gasteiger partial charge >= 0.3 is 0 Å². The molecule has 0 bridgehead atoms. The number of hydrogen-bond donors (Lipinski definition) is 0. The zero-order valence-electron chi connectivity index (χ0n) is 10.2. The van der Waals surface area contributed by atoms with Gasteiger partial charge < -0.3 is 0 Å². The van der Waals surface area contributed by atoms with E-state index in [1.165, 1.54) is 23.3 Å². The third kappa shape index (κ3) is 2.90. The number of hydrogen-bond acceptors (Lipinski definition) is 3. The summed E-state index contributed by atoms with van der Waals surface area (Å²) >= 11 is 1.61. The summed E-state index contributed by atoms with van der Waals surface area (Å²) in [5.41, 5.74) is 2.64. The second-order valence-electron chi connectivity index (χ2n) is 4.10. The topological polar surface area (TPSA) is 43.1 Å². The molecule has 0 N–H and O–H groups in total. The number of nitro groups is 1. The monoisotopic (exact) mass is 259 g/mol. The average molecular weight is 259 g/mol. The van der Waals surface area contributed by atoms with Crippen LogP contribution in [0.3, 0.4) is 0 Å². The fourth-order valence-corrected chi connectivity index (χ4v) is 2.47. The minimum Gasteiger partial charge on any atom is -0.258 e. The van der Waals surface area contributed by atoms with Crippen LogP contribution in [-0.4, -0.2) is 4.92 Å². The Labute approximate surface area is 110 Å². The van der Waals surface area contributed by atoms with E-state index >= 15 is 0 Å². The number of non-ortho nitro benzene ring substituents is 1. The molecule has 92 valence electrons. The van der Waals surface area contributed by atoms with E-state index in [0.717, 1.165) is 9.79 Å². The quantitative estimate of drug-likeness (QED) is 0.607. The first-order valence-electron chi connectivity index (χ1n) is 5.56. The summed E-state index contributed by atoms with van der Waals surface area (Å²) in [6, 6.07) is 12.9. The van der Waals surface area contributed by atoms with Gasteiger partial charge in [-0.3, -0.25) is 10.1 Å². The predicted octanol–water partition coefficient (Wildman–Crippen LogP) is 4.36. The van der Waals surface area contributed by atoms with Crippen molar-refractivity contribution in [2.24, 2.45) is 0 Å². The van der Waals surface area contributed by atoms with Gasteiger partial charge in [0.2, 0.25) is 0 Å². The van der Waals surface area contributed by atoms with Gasteiger partial charge in [-0.1, -0.05) is 17.8 Å². The van der Waals surface area contributed by atoms with Crippen molar-refractivity contribution in [3.05, 3.63) is 63.7 Å². The maximum absolute atomic E-state index is 10.6. The summed E-state index contributed by atoms with van der Waals surface area (Å²) in [4.78, 5) is 12.3. The Morgan fingerprint density at radius 3 is 2.11 bits per heavy atom. The molecule has 0 saturated carbocycles. The van der Waals surface area contributed by atoms with Crippen molar-refractivity contribution >= 4 is 17.4 Å².